The number of amides is 1. The Labute approximate surface area is 157 Å². The summed E-state index contributed by atoms with van der Waals surface area (Å²) in [5, 5.41) is 7.65. The van der Waals surface area contributed by atoms with Gasteiger partial charge in [0.15, 0.2) is 0 Å². The summed E-state index contributed by atoms with van der Waals surface area (Å²) in [4.78, 5) is 26.8. The molecule has 1 saturated carbocycles. The second kappa shape index (κ2) is 7.42. The highest BCUT2D eigenvalue weighted by Gasteiger charge is 2.31. The van der Waals surface area contributed by atoms with Gasteiger partial charge in [-0.3, -0.25) is 9.59 Å². The first-order valence-corrected chi connectivity index (χ1v) is 9.44. The molecule has 0 spiro atoms. The van der Waals surface area contributed by atoms with Crippen LogP contribution in [-0.2, 0) is 4.79 Å². The fourth-order valence-electron chi connectivity index (χ4n) is 3.42. The van der Waals surface area contributed by atoms with Crippen molar-refractivity contribution in [1.29, 1.82) is 0 Å². The van der Waals surface area contributed by atoms with E-state index in [9.17, 15) is 9.59 Å². The van der Waals surface area contributed by atoms with E-state index in [-0.39, 0.29) is 17.4 Å². The topological polar surface area (TPSA) is 76.5 Å². The lowest BCUT2D eigenvalue weighted by Gasteiger charge is -2.33. The Balaban J connectivity index is 1.54. The van der Waals surface area contributed by atoms with Gasteiger partial charge in [-0.25, -0.2) is 0 Å². The third kappa shape index (κ3) is 3.97. The summed E-state index contributed by atoms with van der Waals surface area (Å²) in [5.74, 6) is 1.56. The van der Waals surface area contributed by atoms with Gasteiger partial charge in [-0.05, 0) is 56.0 Å². The number of hydrogen-bond donors (Lipinski definition) is 1. The van der Waals surface area contributed by atoms with E-state index < -0.39 is 0 Å². The quantitative estimate of drug-likeness (QED) is 0.870. The predicted molar refractivity (Wildman–Crippen MR) is 102 cm³/mol. The van der Waals surface area contributed by atoms with Gasteiger partial charge in [0.05, 0.1) is 18.7 Å². The average molecular weight is 368 g/mol. The molecule has 1 aromatic carbocycles. The summed E-state index contributed by atoms with van der Waals surface area (Å²) in [6, 6.07) is 10.9. The van der Waals surface area contributed by atoms with Crippen molar-refractivity contribution in [2.45, 2.75) is 31.7 Å². The second-order valence-corrected chi connectivity index (χ2v) is 7.21. The number of rotatable bonds is 5. The van der Waals surface area contributed by atoms with E-state index in [1.165, 1.54) is 10.7 Å². The Kier molecular flexibility index (Phi) is 4.83. The molecule has 1 amide bonds. The molecule has 1 saturated heterocycles. The van der Waals surface area contributed by atoms with Gasteiger partial charge in [0.25, 0.3) is 5.56 Å². The molecule has 142 valence electrons. The van der Waals surface area contributed by atoms with Crippen LogP contribution in [0.3, 0.4) is 0 Å². The number of aromatic nitrogens is 2. The lowest BCUT2D eigenvalue weighted by atomic mass is 9.97. The van der Waals surface area contributed by atoms with Crippen LogP contribution >= 0.6 is 0 Å². The van der Waals surface area contributed by atoms with Crippen molar-refractivity contribution in [3.8, 4) is 11.4 Å². The Bertz CT molecular complexity index is 874. The number of benzene rings is 1. The molecule has 0 radical (unpaired) electrons. The van der Waals surface area contributed by atoms with Crippen LogP contribution in [0.2, 0.25) is 0 Å². The number of hydrogen-bond acceptors (Lipinski definition) is 5. The summed E-state index contributed by atoms with van der Waals surface area (Å²) >= 11 is 0. The first-order valence-electron chi connectivity index (χ1n) is 9.44. The minimum absolute atomic E-state index is 0.0254. The highest BCUT2D eigenvalue weighted by molar-refractivity contribution is 5.80. The number of carbonyl (C=O) groups is 1. The van der Waals surface area contributed by atoms with Crippen molar-refractivity contribution >= 4 is 11.7 Å². The van der Waals surface area contributed by atoms with Crippen LogP contribution in [0.4, 0.5) is 5.82 Å². The van der Waals surface area contributed by atoms with E-state index in [2.05, 4.69) is 15.3 Å². The highest BCUT2D eigenvalue weighted by Crippen LogP contribution is 2.24. The number of ether oxygens (including phenoxy) is 1. The molecule has 1 N–H and O–H groups in total. The normalized spacial score (nSPS) is 19.6. The molecule has 4 rings (SSSR count). The fourth-order valence-corrected chi connectivity index (χ4v) is 3.42. The summed E-state index contributed by atoms with van der Waals surface area (Å²) in [7, 11) is 1.60. The van der Waals surface area contributed by atoms with Crippen LogP contribution in [0.25, 0.3) is 5.69 Å². The molecule has 1 aliphatic carbocycles. The average Bonchev–Trinajstić information content (AvgIpc) is 3.52. The Morgan fingerprint density at radius 2 is 1.93 bits per heavy atom. The number of anilines is 1. The van der Waals surface area contributed by atoms with Crippen LogP contribution in [0.1, 0.15) is 25.7 Å². The molecule has 7 nitrogen and oxygen atoms in total. The number of carbonyl (C=O) groups excluding carboxylic acids is 1. The van der Waals surface area contributed by atoms with Gasteiger partial charge in [-0.2, -0.15) is 4.68 Å². The van der Waals surface area contributed by atoms with Crippen LogP contribution < -0.4 is 20.5 Å². The maximum Gasteiger partial charge on any atom is 0.271 e. The number of methoxy groups -OCH3 is 1. The third-order valence-corrected chi connectivity index (χ3v) is 5.14. The maximum absolute atomic E-state index is 12.4. The van der Waals surface area contributed by atoms with Crippen LogP contribution in [-0.4, -0.2) is 41.9 Å². The molecular formula is C20H24N4O3. The maximum atomic E-state index is 12.4. The molecule has 0 bridgehead atoms. The Morgan fingerprint density at radius 3 is 2.63 bits per heavy atom. The number of piperidine rings is 1. The lowest BCUT2D eigenvalue weighted by molar-refractivity contribution is -0.125. The van der Waals surface area contributed by atoms with E-state index in [0.29, 0.717) is 24.1 Å². The minimum atomic E-state index is -0.191. The molecule has 1 aromatic heterocycles. The molecule has 1 unspecified atom stereocenters. The summed E-state index contributed by atoms with van der Waals surface area (Å²) in [5.41, 5.74) is 0.492. The van der Waals surface area contributed by atoms with E-state index in [1.807, 2.05) is 0 Å². The summed E-state index contributed by atoms with van der Waals surface area (Å²) in [6.45, 7) is 1.47. The molecular weight excluding hydrogens is 344 g/mol. The fraction of sp³-hybridized carbons (Fsp3) is 0.450. The highest BCUT2D eigenvalue weighted by atomic mass is 16.5. The standard InChI is InChI=1S/C20H24N4O3/c1-27-17-8-6-16(7-9-17)24-19(25)11-10-18(22-24)23-12-2-3-14(13-23)20(26)21-15-4-5-15/h6-11,14-15H,2-5,12-13H2,1H3,(H,21,26). The monoisotopic (exact) mass is 368 g/mol. The Hall–Kier alpha value is -2.83. The Morgan fingerprint density at radius 1 is 1.15 bits per heavy atom. The minimum Gasteiger partial charge on any atom is -0.497 e. The van der Waals surface area contributed by atoms with Gasteiger partial charge in [-0.15, -0.1) is 5.10 Å². The van der Waals surface area contributed by atoms with Gasteiger partial charge < -0.3 is 15.0 Å². The third-order valence-electron chi connectivity index (χ3n) is 5.14. The van der Waals surface area contributed by atoms with Crippen molar-refractivity contribution in [1.82, 2.24) is 15.1 Å². The van der Waals surface area contributed by atoms with E-state index in [4.69, 9.17) is 4.74 Å². The molecule has 7 heteroatoms. The number of nitrogens with zero attached hydrogens (tertiary/aromatic N) is 3. The van der Waals surface area contributed by atoms with Crippen molar-refractivity contribution in [3.63, 3.8) is 0 Å². The van der Waals surface area contributed by atoms with Crippen LogP contribution in [0.5, 0.6) is 5.75 Å². The zero-order valence-electron chi connectivity index (χ0n) is 15.4. The largest absolute Gasteiger partial charge is 0.497 e. The molecule has 2 fully saturated rings. The first-order chi connectivity index (χ1) is 13.1. The molecule has 1 atom stereocenters. The van der Waals surface area contributed by atoms with Crippen molar-refractivity contribution in [2.75, 3.05) is 25.1 Å². The zero-order valence-corrected chi connectivity index (χ0v) is 15.4. The van der Waals surface area contributed by atoms with Gasteiger partial charge in [0.2, 0.25) is 5.91 Å². The van der Waals surface area contributed by atoms with E-state index in [0.717, 1.165) is 38.0 Å². The molecule has 2 aromatic rings. The molecule has 1 aliphatic heterocycles. The number of nitrogens with one attached hydrogen (secondary N) is 1. The second-order valence-electron chi connectivity index (χ2n) is 7.21. The lowest BCUT2D eigenvalue weighted by Crippen LogP contribution is -2.44. The SMILES string of the molecule is COc1ccc(-n2nc(N3CCCC(C(=O)NC4CC4)C3)ccc2=O)cc1. The summed E-state index contributed by atoms with van der Waals surface area (Å²) < 4.78 is 6.56. The van der Waals surface area contributed by atoms with E-state index in [1.54, 1.807) is 37.4 Å². The van der Waals surface area contributed by atoms with Gasteiger partial charge in [-0.1, -0.05) is 0 Å². The van der Waals surface area contributed by atoms with Gasteiger partial charge in [0.1, 0.15) is 11.6 Å². The van der Waals surface area contributed by atoms with E-state index >= 15 is 0 Å². The predicted octanol–water partition coefficient (Wildman–Crippen LogP) is 1.74. The van der Waals surface area contributed by atoms with Gasteiger partial charge >= 0.3 is 0 Å². The zero-order chi connectivity index (χ0) is 18.8. The smallest absolute Gasteiger partial charge is 0.271 e. The summed E-state index contributed by atoms with van der Waals surface area (Å²) in [6.07, 6.45) is 4.02. The van der Waals surface area contributed by atoms with Crippen molar-refractivity contribution in [2.24, 2.45) is 5.92 Å². The molecule has 27 heavy (non-hydrogen) atoms. The van der Waals surface area contributed by atoms with Crippen molar-refractivity contribution < 1.29 is 9.53 Å². The molecule has 2 aliphatic rings. The van der Waals surface area contributed by atoms with Crippen LogP contribution in [0, 0.1) is 5.92 Å². The van der Waals surface area contributed by atoms with Crippen LogP contribution in [0.15, 0.2) is 41.2 Å². The van der Waals surface area contributed by atoms with Gasteiger partial charge in [0, 0.05) is 25.2 Å². The first kappa shape index (κ1) is 17.6. The van der Waals surface area contributed by atoms with Crippen molar-refractivity contribution in [3.05, 3.63) is 46.8 Å². The molecule has 2 heterocycles.